The molecule has 1 saturated carbocycles. The van der Waals surface area contributed by atoms with Crippen molar-refractivity contribution in [3.05, 3.63) is 23.8 Å². The van der Waals surface area contributed by atoms with Gasteiger partial charge in [-0.05, 0) is 70.0 Å². The van der Waals surface area contributed by atoms with Crippen LogP contribution in [0.25, 0.3) is 0 Å². The number of likely N-dealkylation sites (N-methyl/N-ethyl adjacent to an activating group) is 1. The first-order valence-electron chi connectivity index (χ1n) is 14.2. The molecule has 4 rings (SSSR count). The Hall–Kier alpha value is -2.32. The van der Waals surface area contributed by atoms with Gasteiger partial charge in [0.05, 0.1) is 12.6 Å². The molecule has 2 atom stereocenters. The normalized spacial score (nSPS) is 23.9. The number of nitrogens with zero attached hydrogens (tertiary/aromatic N) is 4. The summed E-state index contributed by atoms with van der Waals surface area (Å²) in [5, 5.41) is 18.6. The molecule has 5 N–H and O–H groups in total. The smallest absolute Gasteiger partial charge is 0.216 e. The second kappa shape index (κ2) is 15.7. The zero-order chi connectivity index (χ0) is 26.5. The highest BCUT2D eigenvalue weighted by Crippen LogP contribution is 2.24. The quantitative estimate of drug-likeness (QED) is 0.191. The highest BCUT2D eigenvalue weighted by Gasteiger charge is 2.27. The Morgan fingerprint density at radius 3 is 2.42 bits per heavy atom. The van der Waals surface area contributed by atoms with Gasteiger partial charge in [0.25, 0.3) is 0 Å². The largest absolute Gasteiger partial charge is 0.508 e. The lowest BCUT2D eigenvalue weighted by Crippen LogP contribution is -2.55. The number of rotatable bonds is 5. The Morgan fingerprint density at radius 2 is 1.81 bits per heavy atom. The van der Waals surface area contributed by atoms with Crippen molar-refractivity contribution >= 4 is 17.5 Å². The van der Waals surface area contributed by atoms with Gasteiger partial charge in [0, 0.05) is 18.2 Å². The van der Waals surface area contributed by atoms with Crippen molar-refractivity contribution in [3.63, 3.8) is 0 Å². The van der Waals surface area contributed by atoms with Gasteiger partial charge in [0.2, 0.25) is 5.96 Å². The molecule has 8 heteroatoms. The Labute approximate surface area is 219 Å². The molecule has 2 heterocycles. The molecule has 3 aliphatic rings. The number of guanidine groups is 1. The highest BCUT2D eigenvalue weighted by atomic mass is 16.3. The van der Waals surface area contributed by atoms with Crippen LogP contribution in [0.3, 0.4) is 0 Å². The first-order chi connectivity index (χ1) is 17.5. The minimum atomic E-state index is -0.160. The summed E-state index contributed by atoms with van der Waals surface area (Å²) in [5.41, 5.74) is 1.77. The summed E-state index contributed by atoms with van der Waals surface area (Å²) in [6, 6.07) is 6.37. The summed E-state index contributed by atoms with van der Waals surface area (Å²) in [6.07, 6.45) is 10.4. The van der Waals surface area contributed by atoms with Gasteiger partial charge in [-0.25, -0.2) is 10.8 Å². The third-order valence-electron chi connectivity index (χ3n) is 6.97. The number of hydrogen-bond donors (Lipinski definition) is 4. The third kappa shape index (κ3) is 8.96. The lowest BCUT2D eigenvalue weighted by atomic mass is 10.1. The number of anilines is 1. The van der Waals surface area contributed by atoms with Crippen molar-refractivity contribution in [3.8, 4) is 5.75 Å². The molecule has 1 aromatic rings. The van der Waals surface area contributed by atoms with Gasteiger partial charge in [-0.3, -0.25) is 10.0 Å². The number of aryl methyl sites for hydroxylation is 1. The van der Waals surface area contributed by atoms with Crippen molar-refractivity contribution < 1.29 is 5.11 Å². The molecule has 1 aromatic carbocycles. The Balaban J connectivity index is 0.00000109. The molecule has 0 aromatic heterocycles. The average molecular weight is 502 g/mol. The maximum Gasteiger partial charge on any atom is 0.216 e. The number of aromatic hydroxyl groups is 1. The predicted octanol–water partition coefficient (Wildman–Crippen LogP) is 5.23. The zero-order valence-corrected chi connectivity index (χ0v) is 23.6. The summed E-state index contributed by atoms with van der Waals surface area (Å²) in [6.45, 7) is 11.8. The van der Waals surface area contributed by atoms with Gasteiger partial charge in [0.1, 0.15) is 17.8 Å². The van der Waals surface area contributed by atoms with Gasteiger partial charge in [-0.1, -0.05) is 53.4 Å². The lowest BCUT2D eigenvalue weighted by Gasteiger charge is -2.32. The summed E-state index contributed by atoms with van der Waals surface area (Å²) in [5.74, 6) is 8.45. The molecule has 0 bridgehead atoms. The van der Waals surface area contributed by atoms with Crippen molar-refractivity contribution in [2.24, 2.45) is 15.8 Å². The minimum Gasteiger partial charge on any atom is -0.508 e. The fourth-order valence-corrected chi connectivity index (χ4v) is 4.97. The number of likely N-dealkylation sites (tertiary alicyclic amines) is 1. The SMILES string of the molecule is CC.CC.Cc1cc(NC2CC(=NC3CCCCCC3)NC(N(N)CC3CCCN3C)=N2)ccc1O. The molecule has 2 aliphatic heterocycles. The molecule has 1 aliphatic carbocycles. The molecule has 2 fully saturated rings. The molecule has 1 saturated heterocycles. The topological polar surface area (TPSA) is 102 Å². The van der Waals surface area contributed by atoms with Crippen LogP contribution in [-0.4, -0.2) is 65.2 Å². The predicted molar refractivity (Wildman–Crippen MR) is 154 cm³/mol. The van der Waals surface area contributed by atoms with Gasteiger partial charge >= 0.3 is 0 Å². The van der Waals surface area contributed by atoms with Crippen LogP contribution in [0.5, 0.6) is 5.75 Å². The lowest BCUT2D eigenvalue weighted by molar-refractivity contribution is 0.250. The number of aliphatic imine (C=N–C) groups is 2. The molecule has 36 heavy (non-hydrogen) atoms. The van der Waals surface area contributed by atoms with Crippen LogP contribution in [0, 0.1) is 6.92 Å². The maximum absolute atomic E-state index is 9.86. The Kier molecular flexibility index (Phi) is 13.1. The van der Waals surface area contributed by atoms with E-state index in [2.05, 4.69) is 22.6 Å². The van der Waals surface area contributed by atoms with Crippen molar-refractivity contribution in [2.45, 2.75) is 111 Å². The van der Waals surface area contributed by atoms with Crippen molar-refractivity contribution in [1.29, 1.82) is 0 Å². The molecular weight excluding hydrogens is 450 g/mol. The van der Waals surface area contributed by atoms with E-state index < -0.39 is 0 Å². The standard InChI is InChI=1S/C24H39N7O.2C2H6/c1-17-14-19(11-12-21(17)32)27-23-15-22(26-18-8-5-3-4-6-9-18)28-24(29-23)31(25)16-20-10-7-13-30(20)2;2*1-2/h11-12,14,18,20,23,27,32H,3-10,13,15-16,25H2,1-2H3,(H,26,28,29);2*1-2H3. The van der Waals surface area contributed by atoms with Gasteiger partial charge < -0.3 is 20.6 Å². The molecule has 0 amide bonds. The Morgan fingerprint density at radius 1 is 1.11 bits per heavy atom. The van der Waals surface area contributed by atoms with Crippen molar-refractivity contribution in [1.82, 2.24) is 15.2 Å². The second-order valence-corrected chi connectivity index (χ2v) is 9.59. The van der Waals surface area contributed by atoms with Crippen LogP contribution in [0.15, 0.2) is 28.2 Å². The van der Waals surface area contributed by atoms with Gasteiger partial charge in [-0.2, -0.15) is 0 Å². The fraction of sp³-hybridized carbons (Fsp3) is 0.714. The van der Waals surface area contributed by atoms with Crippen LogP contribution < -0.4 is 16.5 Å². The number of amidine groups is 1. The molecule has 0 radical (unpaired) electrons. The van der Waals surface area contributed by atoms with Crippen LogP contribution in [0.4, 0.5) is 5.69 Å². The monoisotopic (exact) mass is 501 g/mol. The molecule has 0 spiro atoms. The molecule has 204 valence electrons. The van der Waals surface area contributed by atoms with Gasteiger partial charge in [-0.15, -0.1) is 0 Å². The number of benzene rings is 1. The minimum absolute atomic E-state index is 0.160. The summed E-state index contributed by atoms with van der Waals surface area (Å²) in [7, 11) is 2.16. The zero-order valence-electron chi connectivity index (χ0n) is 23.6. The van der Waals surface area contributed by atoms with Crippen LogP contribution in [-0.2, 0) is 0 Å². The second-order valence-electron chi connectivity index (χ2n) is 9.59. The van der Waals surface area contributed by atoms with E-state index in [4.69, 9.17) is 15.8 Å². The molecular formula is C28H51N7O. The third-order valence-corrected chi connectivity index (χ3v) is 6.97. The van der Waals surface area contributed by atoms with E-state index >= 15 is 0 Å². The van der Waals surface area contributed by atoms with Crippen LogP contribution in [0.2, 0.25) is 0 Å². The summed E-state index contributed by atoms with van der Waals surface area (Å²) < 4.78 is 0. The van der Waals surface area contributed by atoms with E-state index in [1.165, 1.54) is 32.1 Å². The van der Waals surface area contributed by atoms with Gasteiger partial charge in [0.15, 0.2) is 0 Å². The van der Waals surface area contributed by atoms with E-state index in [-0.39, 0.29) is 6.17 Å². The first-order valence-corrected chi connectivity index (χ1v) is 14.2. The number of phenols is 1. The summed E-state index contributed by atoms with van der Waals surface area (Å²) in [4.78, 5) is 12.4. The Bertz CT molecular complexity index is 833. The van der Waals surface area contributed by atoms with E-state index in [9.17, 15) is 5.11 Å². The van der Waals surface area contributed by atoms with Crippen molar-refractivity contribution in [2.75, 3.05) is 25.5 Å². The van der Waals surface area contributed by atoms with E-state index in [1.54, 1.807) is 11.1 Å². The van der Waals surface area contributed by atoms with Crippen LogP contribution >= 0.6 is 0 Å². The number of nitrogens with two attached hydrogens (primary N) is 1. The maximum atomic E-state index is 9.86. The van der Waals surface area contributed by atoms with E-state index in [1.807, 2.05) is 46.8 Å². The number of hydrazine groups is 1. The highest BCUT2D eigenvalue weighted by molar-refractivity contribution is 6.02. The fourth-order valence-electron chi connectivity index (χ4n) is 4.97. The first kappa shape index (κ1) is 29.9. The number of nitrogens with one attached hydrogen (secondary N) is 2. The van der Waals surface area contributed by atoms with Crippen LogP contribution in [0.1, 0.15) is 91.0 Å². The number of hydrogen-bond acceptors (Lipinski definition) is 7. The average Bonchev–Trinajstić information content (AvgIpc) is 3.12. The van der Waals surface area contributed by atoms with E-state index in [0.29, 0.717) is 30.2 Å². The molecule has 2 unspecified atom stereocenters. The molecule has 8 nitrogen and oxygen atoms in total. The summed E-state index contributed by atoms with van der Waals surface area (Å²) >= 11 is 0. The number of phenolic OH excluding ortho intramolecular Hbond substituents is 1. The van der Waals surface area contributed by atoms with E-state index in [0.717, 1.165) is 49.4 Å².